The first kappa shape index (κ1) is 44.8. The van der Waals surface area contributed by atoms with E-state index in [9.17, 15) is 0 Å². The molecule has 0 atom stereocenters. The lowest BCUT2D eigenvalue weighted by molar-refractivity contribution is 0.859. The van der Waals surface area contributed by atoms with Crippen LogP contribution in [-0.2, 0) is 12.5 Å². The fourth-order valence-corrected chi connectivity index (χ4v) is 14.3. The predicted octanol–water partition coefficient (Wildman–Crippen LogP) is 18.0. The molecule has 0 saturated heterocycles. The molecule has 0 amide bonds. The van der Waals surface area contributed by atoms with Crippen LogP contribution in [-0.4, -0.2) is 17.2 Å². The van der Waals surface area contributed by atoms with Crippen molar-refractivity contribution < 1.29 is 0 Å². The van der Waals surface area contributed by atoms with Gasteiger partial charge in [0, 0.05) is 50.9 Å². The van der Waals surface area contributed by atoms with E-state index >= 15 is 0 Å². The summed E-state index contributed by atoms with van der Waals surface area (Å²) in [4.78, 5) is 5.09. The van der Waals surface area contributed by atoms with Crippen LogP contribution in [0.1, 0.15) is 27.8 Å². The number of benzene rings is 9. The maximum Gasteiger partial charge on any atom is 0.0974 e. The highest BCUT2D eigenvalue weighted by Gasteiger charge is 2.43. The van der Waals surface area contributed by atoms with Crippen LogP contribution in [0.5, 0.6) is 0 Å². The van der Waals surface area contributed by atoms with Crippen molar-refractivity contribution in [2.45, 2.75) is 45.8 Å². The third-order valence-electron chi connectivity index (χ3n) is 16.3. The Bertz CT molecular complexity index is 4350. The molecule has 1 spiro atoms. The van der Waals surface area contributed by atoms with Gasteiger partial charge in [0.15, 0.2) is 0 Å². The zero-order chi connectivity index (χ0) is 50.9. The van der Waals surface area contributed by atoms with Crippen molar-refractivity contribution in [3.8, 4) is 16.8 Å². The van der Waals surface area contributed by atoms with Gasteiger partial charge in [0.05, 0.1) is 58.5 Å². The Morgan fingerprint density at radius 1 is 0.493 bits per heavy atom. The molecule has 12 aromatic rings. The standard InChI is InChI=1S/C70H56N4Si/c1-45-41-46(2)67(47(3)42-45)74(49-33-36-51(37-34-49)75(5,6)7)65-44-60-66(55-26-12-11-23-52(55)65)58-38-35-50(43-59(58)70(60)39-17-18-40-70)72(63-31-19-27-56-53-24-13-15-29-61(53)71(4)68(56)63)64-32-20-28-57-54-25-14-16-30-62(54)73(69(57)64)48-21-9-8-10-22-48/h8-9,11-21,23-44H,1-7H3. The Kier molecular flexibility index (Phi) is 9.92. The summed E-state index contributed by atoms with van der Waals surface area (Å²) in [6, 6.07) is 77.2. The highest BCUT2D eigenvalue weighted by atomic mass is 28.3. The summed E-state index contributed by atoms with van der Waals surface area (Å²) in [5.41, 5.74) is 20.8. The maximum absolute atomic E-state index is 3.50. The Morgan fingerprint density at radius 2 is 1.09 bits per heavy atom. The van der Waals surface area contributed by atoms with Crippen molar-refractivity contribution >= 4 is 102 Å². The van der Waals surface area contributed by atoms with Crippen LogP contribution in [0.15, 0.2) is 212 Å². The summed E-state index contributed by atoms with van der Waals surface area (Å²) < 4.78 is 4.76. The molecule has 14 rings (SSSR count). The molecule has 360 valence electrons. The lowest BCUT2D eigenvalue weighted by Gasteiger charge is -2.32. The highest BCUT2D eigenvalue weighted by molar-refractivity contribution is 6.88. The van der Waals surface area contributed by atoms with Gasteiger partial charge < -0.3 is 14.4 Å². The molecule has 10 aromatic carbocycles. The summed E-state index contributed by atoms with van der Waals surface area (Å²) in [5, 5.41) is 8.76. The van der Waals surface area contributed by atoms with Gasteiger partial charge in [0.2, 0.25) is 0 Å². The average Bonchev–Trinajstić information content (AvgIpc) is 4.22. The number of rotatable bonds is 8. The number of nitrogens with zero attached hydrogens (tertiary/aromatic N) is 4. The molecule has 0 fully saturated rings. The summed E-state index contributed by atoms with van der Waals surface area (Å²) in [6.07, 6.45) is 9.37. The quantitative estimate of drug-likeness (QED) is 0.141. The van der Waals surface area contributed by atoms with E-state index in [4.69, 9.17) is 0 Å². The molecule has 2 aliphatic carbocycles. The SMILES string of the molecule is Cc1cc(C)c(N(c2ccc([Si](C)(C)C)cc2)c2cc3c(c4ccccc24)-c2ccc(N(c4cccc5c6ccccc6n(C)c45)c4cccc5c6ccccc6n(-c6c#cccc6)c45)cc2C32C=CC=C2)c(C)c1. The van der Waals surface area contributed by atoms with Crippen LogP contribution in [0.3, 0.4) is 0 Å². The Morgan fingerprint density at radius 3 is 1.77 bits per heavy atom. The Labute approximate surface area is 440 Å². The third kappa shape index (κ3) is 6.62. The number of hydrogen-bond acceptors (Lipinski definition) is 2. The van der Waals surface area contributed by atoms with Crippen molar-refractivity contribution in [1.82, 2.24) is 9.13 Å². The fourth-order valence-electron chi connectivity index (χ4n) is 13.1. The first-order valence-electron chi connectivity index (χ1n) is 26.2. The number of allylic oxidation sites excluding steroid dienone is 4. The highest BCUT2D eigenvalue weighted by Crippen LogP contribution is 2.59. The second-order valence-corrected chi connectivity index (χ2v) is 26.9. The van der Waals surface area contributed by atoms with Crippen molar-refractivity contribution in [3.63, 3.8) is 0 Å². The Hall–Kier alpha value is -8.82. The first-order chi connectivity index (χ1) is 36.5. The lowest BCUT2D eigenvalue weighted by Crippen LogP contribution is -2.37. The molecule has 0 radical (unpaired) electrons. The van der Waals surface area contributed by atoms with Crippen LogP contribution < -0.4 is 15.0 Å². The molecule has 2 aliphatic rings. The lowest BCUT2D eigenvalue weighted by atomic mass is 9.79. The van der Waals surface area contributed by atoms with Crippen LogP contribution in [0.2, 0.25) is 19.6 Å². The smallest absolute Gasteiger partial charge is 0.0974 e. The molecule has 4 nitrogen and oxygen atoms in total. The summed E-state index contributed by atoms with van der Waals surface area (Å²) in [7, 11) is 0.657. The molecule has 5 heteroatoms. The van der Waals surface area contributed by atoms with Gasteiger partial charge in [-0.1, -0.05) is 182 Å². The van der Waals surface area contributed by atoms with Crippen molar-refractivity contribution in [1.29, 1.82) is 0 Å². The molecule has 0 unspecified atom stereocenters. The maximum atomic E-state index is 3.50. The van der Waals surface area contributed by atoms with E-state index in [2.05, 4.69) is 285 Å². The van der Waals surface area contributed by atoms with Gasteiger partial charge in [-0.25, -0.2) is 0 Å². The van der Waals surface area contributed by atoms with E-state index in [1.165, 1.54) is 98.9 Å². The first-order valence-corrected chi connectivity index (χ1v) is 29.7. The number of para-hydroxylation sites is 4. The van der Waals surface area contributed by atoms with Gasteiger partial charge >= 0.3 is 0 Å². The van der Waals surface area contributed by atoms with Gasteiger partial charge in [-0.15, -0.1) is 0 Å². The number of aromatic nitrogens is 2. The number of aryl methyl sites for hydroxylation is 4. The van der Waals surface area contributed by atoms with E-state index in [1.54, 1.807) is 0 Å². The van der Waals surface area contributed by atoms with Crippen LogP contribution >= 0.6 is 0 Å². The minimum Gasteiger partial charge on any atom is -0.342 e. The van der Waals surface area contributed by atoms with Gasteiger partial charge in [-0.05, 0) is 132 Å². The van der Waals surface area contributed by atoms with Gasteiger partial charge in [-0.2, -0.15) is 0 Å². The number of fused-ring (bicyclic) bond motifs is 13. The average molecular weight is 981 g/mol. The normalized spacial score (nSPS) is 13.4. The number of hydrogen-bond donors (Lipinski definition) is 0. The fraction of sp³-hybridized carbons (Fsp3) is 0.114. The summed E-state index contributed by atoms with van der Waals surface area (Å²) in [5.74, 6) is 0. The zero-order valence-electron chi connectivity index (χ0n) is 43.5. The molecular formula is C70H56N4Si. The summed E-state index contributed by atoms with van der Waals surface area (Å²) >= 11 is 0. The largest absolute Gasteiger partial charge is 0.342 e. The molecule has 0 bridgehead atoms. The van der Waals surface area contributed by atoms with Gasteiger partial charge in [-0.3, -0.25) is 4.57 Å². The Balaban J connectivity index is 1.05. The third-order valence-corrected chi connectivity index (χ3v) is 18.4. The molecule has 0 N–H and O–H groups in total. The predicted molar refractivity (Wildman–Crippen MR) is 321 cm³/mol. The molecular weight excluding hydrogens is 925 g/mol. The van der Waals surface area contributed by atoms with Crippen LogP contribution in [0.4, 0.5) is 34.1 Å². The van der Waals surface area contributed by atoms with E-state index in [-0.39, 0.29) is 0 Å². The zero-order valence-corrected chi connectivity index (χ0v) is 44.5. The van der Waals surface area contributed by atoms with Gasteiger partial charge in [0.1, 0.15) is 0 Å². The topological polar surface area (TPSA) is 16.3 Å². The molecule has 75 heavy (non-hydrogen) atoms. The van der Waals surface area contributed by atoms with E-state index in [0.29, 0.717) is 0 Å². The van der Waals surface area contributed by atoms with Crippen molar-refractivity contribution in [3.05, 3.63) is 252 Å². The van der Waals surface area contributed by atoms with Crippen LogP contribution in [0.25, 0.3) is 71.2 Å². The van der Waals surface area contributed by atoms with Crippen LogP contribution in [0, 0.1) is 32.9 Å². The molecule has 2 heterocycles. The minimum absolute atomic E-state index is 0.530. The van der Waals surface area contributed by atoms with Gasteiger partial charge in [0.25, 0.3) is 0 Å². The second kappa shape index (κ2) is 16.6. The second-order valence-electron chi connectivity index (χ2n) is 21.9. The van der Waals surface area contributed by atoms with E-state index < -0.39 is 13.5 Å². The number of anilines is 6. The summed E-state index contributed by atoms with van der Waals surface area (Å²) in [6.45, 7) is 14.0. The van der Waals surface area contributed by atoms with Crippen molar-refractivity contribution in [2.24, 2.45) is 7.05 Å². The molecule has 2 aromatic heterocycles. The van der Waals surface area contributed by atoms with Crippen molar-refractivity contribution in [2.75, 3.05) is 9.80 Å². The van der Waals surface area contributed by atoms with E-state index in [1.807, 2.05) is 6.07 Å². The molecule has 0 aliphatic heterocycles. The molecule has 0 saturated carbocycles. The monoisotopic (exact) mass is 980 g/mol. The minimum atomic E-state index is -1.56. The van der Waals surface area contributed by atoms with E-state index in [0.717, 1.165) is 39.5 Å².